The third kappa shape index (κ3) is 3.39. The fourth-order valence-electron chi connectivity index (χ4n) is 1.97. The lowest BCUT2D eigenvalue weighted by Gasteiger charge is -2.11. The van der Waals surface area contributed by atoms with Gasteiger partial charge >= 0.3 is 0 Å². The van der Waals surface area contributed by atoms with Crippen molar-refractivity contribution in [1.29, 1.82) is 0 Å². The van der Waals surface area contributed by atoms with Gasteiger partial charge in [0.2, 0.25) is 0 Å². The van der Waals surface area contributed by atoms with E-state index in [1.807, 2.05) is 0 Å². The zero-order chi connectivity index (χ0) is 15.6. The fourth-order valence-corrected chi connectivity index (χ4v) is 2.44. The van der Waals surface area contributed by atoms with Crippen molar-refractivity contribution in [2.75, 3.05) is 0 Å². The van der Waals surface area contributed by atoms with E-state index in [1.165, 1.54) is 12.1 Å². The third-order valence-corrected chi connectivity index (χ3v) is 3.86. The molecule has 0 radical (unpaired) electrons. The molecule has 2 aromatic rings. The van der Waals surface area contributed by atoms with Crippen molar-refractivity contribution in [3.8, 4) is 5.75 Å². The number of nitro benzene ring substituents is 1. The Hall–Kier alpha value is -1.95. The second-order valence-corrected chi connectivity index (χ2v) is 5.50. The average Bonchev–Trinajstić information content (AvgIpc) is 2.42. The highest BCUT2D eigenvalue weighted by molar-refractivity contribution is 9.10. The van der Waals surface area contributed by atoms with E-state index >= 15 is 0 Å². The maximum Gasteiger partial charge on any atom is 0.277 e. The summed E-state index contributed by atoms with van der Waals surface area (Å²) in [4.78, 5) is 10.6. The summed E-state index contributed by atoms with van der Waals surface area (Å²) in [6, 6.07) is 7.68. The van der Waals surface area contributed by atoms with Gasteiger partial charge in [0, 0.05) is 16.6 Å². The number of hydrogen-bond donors (Lipinski definition) is 0. The number of rotatable bonds is 4. The predicted octanol–water partition coefficient (Wildman–Crippen LogP) is 4.69. The minimum Gasteiger partial charge on any atom is -0.488 e. The van der Waals surface area contributed by atoms with E-state index in [2.05, 4.69) is 15.9 Å². The van der Waals surface area contributed by atoms with Crippen molar-refractivity contribution in [2.24, 2.45) is 0 Å². The van der Waals surface area contributed by atoms with Crippen LogP contribution in [0.5, 0.6) is 5.75 Å². The molecule has 21 heavy (non-hydrogen) atoms. The summed E-state index contributed by atoms with van der Waals surface area (Å²) in [7, 11) is 0. The van der Waals surface area contributed by atoms with Gasteiger partial charge in [-0.2, -0.15) is 0 Å². The molecule has 0 atom stereocenters. The summed E-state index contributed by atoms with van der Waals surface area (Å²) in [6.45, 7) is 3.46. The Morgan fingerprint density at radius 2 is 2.00 bits per heavy atom. The standard InChI is InChI=1S/C15H13BrFNO3/c1-9-6-10(2)15(7-13(9)17)21-8-11-12(16)4-3-5-14(11)18(19)20/h3-7H,8H2,1-2H3. The molecular formula is C15H13BrFNO3. The molecular weight excluding hydrogens is 341 g/mol. The molecule has 0 aliphatic heterocycles. The number of aryl methyl sites for hydroxylation is 2. The average molecular weight is 354 g/mol. The molecule has 0 heterocycles. The lowest BCUT2D eigenvalue weighted by molar-refractivity contribution is -0.385. The Bertz CT molecular complexity index is 704. The molecule has 0 saturated carbocycles. The maximum atomic E-state index is 13.6. The number of benzene rings is 2. The van der Waals surface area contributed by atoms with Crippen LogP contribution in [0.25, 0.3) is 0 Å². The van der Waals surface area contributed by atoms with Gasteiger partial charge in [-0.25, -0.2) is 4.39 Å². The van der Waals surface area contributed by atoms with E-state index in [4.69, 9.17) is 4.74 Å². The molecule has 0 N–H and O–H groups in total. The zero-order valence-electron chi connectivity index (χ0n) is 11.5. The van der Waals surface area contributed by atoms with Gasteiger partial charge in [0.05, 0.1) is 10.5 Å². The number of halogens is 2. The van der Waals surface area contributed by atoms with Crippen LogP contribution in [-0.4, -0.2) is 4.92 Å². The molecule has 0 aromatic heterocycles. The highest BCUT2D eigenvalue weighted by Crippen LogP contribution is 2.29. The summed E-state index contributed by atoms with van der Waals surface area (Å²) in [6.07, 6.45) is 0. The van der Waals surface area contributed by atoms with E-state index in [-0.39, 0.29) is 18.1 Å². The molecule has 2 rings (SSSR count). The van der Waals surface area contributed by atoms with Crippen LogP contribution < -0.4 is 4.74 Å². The molecule has 6 heteroatoms. The van der Waals surface area contributed by atoms with Gasteiger partial charge in [0.1, 0.15) is 18.2 Å². The molecule has 2 aromatic carbocycles. The van der Waals surface area contributed by atoms with Crippen LogP contribution in [0.2, 0.25) is 0 Å². The van der Waals surface area contributed by atoms with E-state index in [9.17, 15) is 14.5 Å². The first kappa shape index (κ1) is 15.4. The number of ether oxygens (including phenoxy) is 1. The van der Waals surface area contributed by atoms with Gasteiger partial charge in [0.15, 0.2) is 0 Å². The van der Waals surface area contributed by atoms with E-state index in [1.54, 1.807) is 32.0 Å². The van der Waals surface area contributed by atoms with Crippen molar-refractivity contribution in [3.63, 3.8) is 0 Å². The maximum absolute atomic E-state index is 13.6. The second-order valence-electron chi connectivity index (χ2n) is 4.65. The quantitative estimate of drug-likeness (QED) is 0.591. The SMILES string of the molecule is Cc1cc(C)c(OCc2c(Br)cccc2[N+](=O)[O-])cc1F. The predicted molar refractivity (Wildman–Crippen MR) is 81.0 cm³/mol. The number of nitrogens with zero attached hydrogens (tertiary/aromatic N) is 1. The van der Waals surface area contributed by atoms with E-state index in [0.717, 1.165) is 5.56 Å². The fraction of sp³-hybridized carbons (Fsp3) is 0.200. The van der Waals surface area contributed by atoms with Gasteiger partial charge in [-0.15, -0.1) is 0 Å². The van der Waals surface area contributed by atoms with Gasteiger partial charge in [-0.05, 0) is 37.1 Å². The zero-order valence-corrected chi connectivity index (χ0v) is 13.1. The molecule has 0 saturated heterocycles. The molecule has 0 spiro atoms. The molecule has 0 unspecified atom stereocenters. The summed E-state index contributed by atoms with van der Waals surface area (Å²) in [5.74, 6) is 0.0142. The molecule has 0 aliphatic rings. The van der Waals surface area contributed by atoms with Gasteiger partial charge in [0.25, 0.3) is 5.69 Å². The smallest absolute Gasteiger partial charge is 0.277 e. The third-order valence-electron chi connectivity index (χ3n) is 3.12. The summed E-state index contributed by atoms with van der Waals surface area (Å²) < 4.78 is 19.7. The van der Waals surface area contributed by atoms with Crippen molar-refractivity contribution in [2.45, 2.75) is 20.5 Å². The van der Waals surface area contributed by atoms with E-state index < -0.39 is 4.92 Å². The van der Waals surface area contributed by atoms with Crippen LogP contribution in [0, 0.1) is 29.8 Å². The molecule has 110 valence electrons. The normalized spacial score (nSPS) is 10.5. The molecule has 0 fully saturated rings. The van der Waals surface area contributed by atoms with Crippen molar-refractivity contribution < 1.29 is 14.1 Å². The summed E-state index contributed by atoms with van der Waals surface area (Å²) in [5.41, 5.74) is 1.70. The molecule has 0 amide bonds. The van der Waals surface area contributed by atoms with Crippen molar-refractivity contribution >= 4 is 21.6 Å². The topological polar surface area (TPSA) is 52.4 Å². The van der Waals surface area contributed by atoms with Gasteiger partial charge in [-0.1, -0.05) is 22.0 Å². The van der Waals surface area contributed by atoms with Crippen LogP contribution >= 0.6 is 15.9 Å². The minimum absolute atomic E-state index is 0.0128. The Labute approximate surface area is 129 Å². The minimum atomic E-state index is -0.466. The molecule has 4 nitrogen and oxygen atoms in total. The first-order valence-corrected chi connectivity index (χ1v) is 7.00. The lowest BCUT2D eigenvalue weighted by Crippen LogP contribution is -2.03. The first-order valence-electron chi connectivity index (χ1n) is 6.21. The second kappa shape index (κ2) is 6.22. The lowest BCUT2D eigenvalue weighted by atomic mass is 10.1. The summed E-state index contributed by atoms with van der Waals surface area (Å²) in [5, 5.41) is 11.0. The summed E-state index contributed by atoms with van der Waals surface area (Å²) >= 11 is 3.28. The van der Waals surface area contributed by atoms with Crippen molar-refractivity contribution in [1.82, 2.24) is 0 Å². The van der Waals surface area contributed by atoms with Gasteiger partial charge in [-0.3, -0.25) is 10.1 Å². The first-order chi connectivity index (χ1) is 9.90. The van der Waals surface area contributed by atoms with Crippen LogP contribution in [0.4, 0.5) is 10.1 Å². The number of nitro groups is 1. The van der Waals surface area contributed by atoms with Gasteiger partial charge < -0.3 is 4.74 Å². The monoisotopic (exact) mass is 353 g/mol. The highest BCUT2D eigenvalue weighted by atomic mass is 79.9. The Morgan fingerprint density at radius 1 is 1.29 bits per heavy atom. The molecule has 0 aliphatic carbocycles. The van der Waals surface area contributed by atoms with Crippen LogP contribution in [0.1, 0.15) is 16.7 Å². The van der Waals surface area contributed by atoms with Crippen LogP contribution in [0.3, 0.4) is 0 Å². The van der Waals surface area contributed by atoms with Crippen molar-refractivity contribution in [3.05, 3.63) is 67.4 Å². The Morgan fingerprint density at radius 3 is 2.67 bits per heavy atom. The Kier molecular flexibility index (Phi) is 4.57. The Balaban J connectivity index is 2.29. The van der Waals surface area contributed by atoms with Crippen LogP contribution in [0.15, 0.2) is 34.8 Å². The highest BCUT2D eigenvalue weighted by Gasteiger charge is 2.17. The molecule has 0 bridgehead atoms. The van der Waals surface area contributed by atoms with Crippen LogP contribution in [-0.2, 0) is 6.61 Å². The largest absolute Gasteiger partial charge is 0.488 e. The number of hydrogen-bond acceptors (Lipinski definition) is 3. The van der Waals surface area contributed by atoms with E-state index in [0.29, 0.717) is 21.3 Å².